The van der Waals surface area contributed by atoms with Gasteiger partial charge in [-0.25, -0.2) is 0 Å². The Hall–Kier alpha value is -1.51. The zero-order valence-corrected chi connectivity index (χ0v) is 16.6. The van der Waals surface area contributed by atoms with Gasteiger partial charge in [0, 0.05) is 18.2 Å². The van der Waals surface area contributed by atoms with Gasteiger partial charge in [-0.2, -0.15) is 0 Å². The third kappa shape index (κ3) is 4.02. The van der Waals surface area contributed by atoms with Gasteiger partial charge < -0.3 is 10.1 Å². The fourth-order valence-corrected chi connectivity index (χ4v) is 6.22. The number of ether oxygens (including phenoxy) is 1. The molecular formula is C24H35NO2. The fourth-order valence-electron chi connectivity index (χ4n) is 6.22. The fraction of sp³-hybridized carbons (Fsp3) is 0.708. The lowest BCUT2D eigenvalue weighted by atomic mass is 9.53. The molecule has 0 bridgehead atoms. The van der Waals surface area contributed by atoms with E-state index in [9.17, 15) is 4.79 Å². The summed E-state index contributed by atoms with van der Waals surface area (Å²) in [4.78, 5) is 13.0. The van der Waals surface area contributed by atoms with Crippen LogP contribution in [0.3, 0.4) is 0 Å². The highest BCUT2D eigenvalue weighted by molar-refractivity contribution is 5.75. The minimum Gasteiger partial charge on any atom is -0.462 e. The van der Waals surface area contributed by atoms with Gasteiger partial charge in [-0.15, -0.1) is 0 Å². The topological polar surface area (TPSA) is 38.3 Å². The van der Waals surface area contributed by atoms with Crippen LogP contribution in [-0.4, -0.2) is 18.6 Å². The molecule has 3 fully saturated rings. The molecule has 3 heteroatoms. The van der Waals surface area contributed by atoms with Crippen molar-refractivity contribution in [3.63, 3.8) is 0 Å². The van der Waals surface area contributed by atoms with E-state index in [1.54, 1.807) is 0 Å². The highest BCUT2D eigenvalue weighted by atomic mass is 16.5. The third-order valence-electron chi connectivity index (χ3n) is 7.49. The van der Waals surface area contributed by atoms with Crippen molar-refractivity contribution in [3.8, 4) is 0 Å². The SMILES string of the molecule is O=C1O[C@H]2CCCC[C@H]2C2(CCCCC2)[C@H]1CCCCNc1ccccc1. The summed E-state index contributed by atoms with van der Waals surface area (Å²) in [5, 5.41) is 3.49. The van der Waals surface area contributed by atoms with Crippen LogP contribution in [0.2, 0.25) is 0 Å². The number of hydrogen-bond acceptors (Lipinski definition) is 3. The molecule has 1 aromatic carbocycles. The van der Waals surface area contributed by atoms with Crippen molar-refractivity contribution in [3.05, 3.63) is 30.3 Å². The summed E-state index contributed by atoms with van der Waals surface area (Å²) in [6.07, 6.45) is 14.9. The zero-order chi connectivity index (χ0) is 18.5. The number of para-hydroxylation sites is 1. The molecule has 1 heterocycles. The van der Waals surface area contributed by atoms with E-state index in [1.807, 2.05) is 6.07 Å². The van der Waals surface area contributed by atoms with Crippen LogP contribution in [0.4, 0.5) is 5.69 Å². The maximum atomic E-state index is 13.0. The second kappa shape index (κ2) is 8.67. The molecule has 2 aliphatic carbocycles. The van der Waals surface area contributed by atoms with E-state index in [4.69, 9.17) is 4.74 Å². The molecule has 3 aliphatic rings. The number of carbonyl (C=O) groups excluding carboxylic acids is 1. The van der Waals surface area contributed by atoms with Gasteiger partial charge in [-0.1, -0.05) is 50.3 Å². The van der Waals surface area contributed by atoms with Gasteiger partial charge in [0.1, 0.15) is 6.10 Å². The van der Waals surface area contributed by atoms with Crippen molar-refractivity contribution in [2.24, 2.45) is 17.3 Å². The Bertz CT molecular complexity index is 608. The molecule has 1 aromatic rings. The van der Waals surface area contributed by atoms with Crippen molar-refractivity contribution >= 4 is 11.7 Å². The number of anilines is 1. The monoisotopic (exact) mass is 369 g/mol. The average Bonchev–Trinajstić information content (AvgIpc) is 2.71. The van der Waals surface area contributed by atoms with Gasteiger partial charge in [0.2, 0.25) is 0 Å². The number of carbonyl (C=O) groups is 1. The quantitative estimate of drug-likeness (QED) is 0.497. The highest BCUT2D eigenvalue weighted by Crippen LogP contribution is 2.57. The molecule has 2 saturated carbocycles. The van der Waals surface area contributed by atoms with Crippen molar-refractivity contribution in [1.29, 1.82) is 0 Å². The maximum Gasteiger partial charge on any atom is 0.309 e. The Labute approximate surface area is 164 Å². The van der Waals surface area contributed by atoms with E-state index in [-0.39, 0.29) is 23.4 Å². The molecule has 3 nitrogen and oxygen atoms in total. The number of nitrogens with one attached hydrogen (secondary N) is 1. The predicted molar refractivity (Wildman–Crippen MR) is 110 cm³/mol. The average molecular weight is 370 g/mol. The van der Waals surface area contributed by atoms with Gasteiger partial charge >= 0.3 is 5.97 Å². The largest absolute Gasteiger partial charge is 0.462 e. The molecule has 4 rings (SSSR count). The molecule has 27 heavy (non-hydrogen) atoms. The van der Waals surface area contributed by atoms with Gasteiger partial charge in [0.05, 0.1) is 5.92 Å². The second-order valence-electron chi connectivity index (χ2n) is 9.00. The first-order valence-electron chi connectivity index (χ1n) is 11.3. The molecule has 0 unspecified atom stereocenters. The van der Waals surface area contributed by atoms with Crippen LogP contribution in [0.1, 0.15) is 77.0 Å². The van der Waals surface area contributed by atoms with Crippen LogP contribution in [0.15, 0.2) is 30.3 Å². The zero-order valence-electron chi connectivity index (χ0n) is 16.6. The molecule has 148 valence electrons. The highest BCUT2D eigenvalue weighted by Gasteiger charge is 2.56. The minimum absolute atomic E-state index is 0.135. The molecule has 0 amide bonds. The van der Waals surface area contributed by atoms with Crippen LogP contribution >= 0.6 is 0 Å². The van der Waals surface area contributed by atoms with Crippen molar-refractivity contribution in [2.45, 2.75) is 83.2 Å². The summed E-state index contributed by atoms with van der Waals surface area (Å²) in [6, 6.07) is 10.4. The molecule has 3 atom stereocenters. The first-order chi connectivity index (χ1) is 13.3. The second-order valence-corrected chi connectivity index (χ2v) is 9.00. The first-order valence-corrected chi connectivity index (χ1v) is 11.3. The van der Waals surface area contributed by atoms with Crippen LogP contribution < -0.4 is 5.32 Å². The third-order valence-corrected chi connectivity index (χ3v) is 7.49. The Morgan fingerprint density at radius 1 is 0.963 bits per heavy atom. The summed E-state index contributed by atoms with van der Waals surface area (Å²) in [5.41, 5.74) is 1.44. The molecular weight excluding hydrogens is 334 g/mol. The molecule has 1 aliphatic heterocycles. The van der Waals surface area contributed by atoms with E-state index >= 15 is 0 Å². The Balaban J connectivity index is 1.36. The summed E-state index contributed by atoms with van der Waals surface area (Å²) >= 11 is 0. The van der Waals surface area contributed by atoms with E-state index in [2.05, 4.69) is 29.6 Å². The Morgan fingerprint density at radius 3 is 2.56 bits per heavy atom. The number of unbranched alkanes of at least 4 members (excludes halogenated alkanes) is 1. The summed E-state index contributed by atoms with van der Waals surface area (Å²) in [7, 11) is 0. The number of hydrogen-bond donors (Lipinski definition) is 1. The minimum atomic E-state index is 0.135. The molecule has 1 saturated heterocycles. The van der Waals surface area contributed by atoms with E-state index in [0.29, 0.717) is 5.92 Å². The van der Waals surface area contributed by atoms with Gasteiger partial charge in [0.15, 0.2) is 0 Å². The first kappa shape index (κ1) is 18.8. The molecule has 1 spiro atoms. The smallest absolute Gasteiger partial charge is 0.309 e. The lowest BCUT2D eigenvalue weighted by Crippen LogP contribution is -2.55. The number of benzene rings is 1. The lowest BCUT2D eigenvalue weighted by molar-refractivity contribution is -0.196. The number of esters is 1. The van der Waals surface area contributed by atoms with Crippen LogP contribution in [0.5, 0.6) is 0 Å². The lowest BCUT2D eigenvalue weighted by Gasteiger charge is -2.55. The van der Waals surface area contributed by atoms with E-state index in [1.165, 1.54) is 57.1 Å². The number of rotatable bonds is 6. The summed E-state index contributed by atoms with van der Waals surface area (Å²) in [6.45, 7) is 0.977. The summed E-state index contributed by atoms with van der Waals surface area (Å²) < 4.78 is 6.00. The van der Waals surface area contributed by atoms with Gasteiger partial charge in [-0.05, 0) is 62.5 Å². The Kier molecular flexibility index (Phi) is 6.04. The maximum absolute atomic E-state index is 13.0. The Morgan fingerprint density at radius 2 is 1.74 bits per heavy atom. The molecule has 0 radical (unpaired) electrons. The standard InChI is InChI=1S/C24H35NO2/c26-23-21(14-7-10-18-25-19-11-3-1-4-12-19)24(16-8-2-9-17-24)20-13-5-6-15-22(20)27-23/h1,3-4,11-12,20-22,25H,2,5-10,13-18H2/t20-,21+,22+/m1/s1. The van der Waals surface area contributed by atoms with Crippen molar-refractivity contribution in [1.82, 2.24) is 0 Å². The normalized spacial score (nSPS) is 29.8. The van der Waals surface area contributed by atoms with E-state index in [0.717, 1.165) is 32.2 Å². The van der Waals surface area contributed by atoms with Crippen LogP contribution in [0, 0.1) is 17.3 Å². The van der Waals surface area contributed by atoms with Crippen LogP contribution in [-0.2, 0) is 9.53 Å². The van der Waals surface area contributed by atoms with Crippen LogP contribution in [0.25, 0.3) is 0 Å². The van der Waals surface area contributed by atoms with Crippen molar-refractivity contribution in [2.75, 3.05) is 11.9 Å². The predicted octanol–water partition coefficient (Wildman–Crippen LogP) is 5.95. The molecule has 0 aromatic heterocycles. The van der Waals surface area contributed by atoms with Gasteiger partial charge in [0.25, 0.3) is 0 Å². The van der Waals surface area contributed by atoms with E-state index < -0.39 is 0 Å². The van der Waals surface area contributed by atoms with Gasteiger partial charge in [-0.3, -0.25) is 4.79 Å². The summed E-state index contributed by atoms with van der Waals surface area (Å²) in [5.74, 6) is 0.918. The molecule has 1 N–H and O–H groups in total. The number of fused-ring (bicyclic) bond motifs is 2. The van der Waals surface area contributed by atoms with Crippen molar-refractivity contribution < 1.29 is 9.53 Å².